The number of pyridine rings is 1. The molecule has 296 valence electrons. The number of benzene rings is 1. The Kier molecular flexibility index (Phi) is 10.5. The molecule has 4 aliphatic carbocycles. The first kappa shape index (κ1) is 37.7. The van der Waals surface area contributed by atoms with Gasteiger partial charge in [0.25, 0.3) is 5.91 Å². The summed E-state index contributed by atoms with van der Waals surface area (Å²) in [4.78, 5) is 63.0. The van der Waals surface area contributed by atoms with Gasteiger partial charge in [0.15, 0.2) is 0 Å². The maximum Gasteiger partial charge on any atom is 0.408 e. The number of amides is 4. The number of carbonyl (C=O) groups excluding carboxylic acids is 4. The van der Waals surface area contributed by atoms with Crippen LogP contribution in [-0.2, 0) is 35.6 Å². The minimum absolute atomic E-state index is 0.0635. The van der Waals surface area contributed by atoms with E-state index in [-0.39, 0.29) is 37.3 Å². The smallest absolute Gasteiger partial charge is 0.408 e. The van der Waals surface area contributed by atoms with Crippen LogP contribution in [0.5, 0.6) is 5.75 Å². The molecule has 3 N–H and O–H groups in total. The van der Waals surface area contributed by atoms with Crippen LogP contribution in [0.3, 0.4) is 0 Å². The number of alkyl carbamates (subject to hydrolysis) is 1. The molecule has 0 spiro atoms. The van der Waals surface area contributed by atoms with Gasteiger partial charge in [-0.3, -0.25) is 19.1 Å². The zero-order valence-electron chi connectivity index (χ0n) is 31.4. The lowest BCUT2D eigenvalue weighted by molar-refractivity contribution is -0.142. The minimum atomic E-state index is -3.88. The molecule has 2 aromatic rings. The maximum atomic E-state index is 14.8. The van der Waals surface area contributed by atoms with Gasteiger partial charge in [-0.15, -0.1) is 6.58 Å². The van der Waals surface area contributed by atoms with Gasteiger partial charge in [0.05, 0.1) is 23.0 Å². The van der Waals surface area contributed by atoms with E-state index in [1.807, 2.05) is 30.3 Å². The molecule has 0 unspecified atom stereocenters. The normalized spacial score (nSPS) is 31.9. The third kappa shape index (κ3) is 7.93. The van der Waals surface area contributed by atoms with Gasteiger partial charge in [0, 0.05) is 17.7 Å². The largest absolute Gasteiger partial charge is 0.487 e. The van der Waals surface area contributed by atoms with Crippen LogP contribution in [-0.4, -0.2) is 83.7 Å². The molecule has 1 aromatic carbocycles. The highest BCUT2D eigenvalue weighted by molar-refractivity contribution is 7.91. The fourth-order valence-corrected chi connectivity index (χ4v) is 10.9. The number of sulfonamides is 1. The number of nitrogens with one attached hydrogen (secondary N) is 3. The molecule has 1 aromatic heterocycles. The van der Waals surface area contributed by atoms with E-state index < -0.39 is 68.7 Å². The summed E-state index contributed by atoms with van der Waals surface area (Å²) in [5, 5.41) is 6.13. The predicted molar refractivity (Wildman–Crippen MR) is 204 cm³/mol. The number of hydrogen-bond donors (Lipinski definition) is 3. The van der Waals surface area contributed by atoms with E-state index >= 15 is 0 Å². The number of rotatable bonds is 7. The molecule has 1 saturated heterocycles. The second-order valence-electron chi connectivity index (χ2n) is 16.7. The van der Waals surface area contributed by atoms with Crippen molar-refractivity contribution in [3.8, 4) is 5.75 Å². The Morgan fingerprint density at radius 2 is 1.69 bits per heavy atom. The first-order valence-corrected chi connectivity index (χ1v) is 21.9. The molecule has 13 nitrogen and oxygen atoms in total. The molecule has 5 fully saturated rings. The van der Waals surface area contributed by atoms with Crippen LogP contribution in [0.4, 0.5) is 4.79 Å². The van der Waals surface area contributed by atoms with Crippen LogP contribution >= 0.6 is 0 Å². The molecule has 6 aliphatic rings. The third-order valence-corrected chi connectivity index (χ3v) is 14.7. The standard InChI is InChI=1S/C41H53N5O8S/c1-2-28-23-41(28,39(49)45-55(51,52)30-19-20-30)44-37(47)33-22-29-24-46(33)38(48)36(26-12-6-7-13-26)43-40(50)54-34-18-10-15-25(34)11-4-3-5-17-32-35(53-29)21-27-14-8-9-16-31(27)42-32/h2,8-9,14,16,21,25-26,28-30,33-34,36H,1,3-7,10-13,15,17-20,22-24H2,(H,43,50)(H,44,47)(H,45,49)/t25-,28-,29+,33-,34-,36-,41+/m0/s1. The first-order chi connectivity index (χ1) is 26.5. The summed E-state index contributed by atoms with van der Waals surface area (Å²) in [5.41, 5.74) is 0.172. The van der Waals surface area contributed by atoms with Gasteiger partial charge < -0.3 is 25.0 Å². The van der Waals surface area contributed by atoms with E-state index in [4.69, 9.17) is 14.5 Å². The Labute approximate surface area is 322 Å². The quantitative estimate of drug-likeness (QED) is 0.334. The lowest BCUT2D eigenvalue weighted by Crippen LogP contribution is -2.59. The average Bonchev–Trinajstić information content (AvgIpc) is 3.95. The van der Waals surface area contributed by atoms with Gasteiger partial charge in [-0.2, -0.15) is 0 Å². The summed E-state index contributed by atoms with van der Waals surface area (Å²) in [5.74, 6) is -1.54. The van der Waals surface area contributed by atoms with Crippen LogP contribution in [0, 0.1) is 17.8 Å². The number of carbonyl (C=O) groups is 4. The minimum Gasteiger partial charge on any atom is -0.487 e. The van der Waals surface area contributed by atoms with Crippen molar-refractivity contribution in [3.63, 3.8) is 0 Å². The van der Waals surface area contributed by atoms with Gasteiger partial charge >= 0.3 is 6.09 Å². The van der Waals surface area contributed by atoms with E-state index in [9.17, 15) is 27.6 Å². The van der Waals surface area contributed by atoms with Crippen LogP contribution in [0.15, 0.2) is 43.0 Å². The fourth-order valence-electron chi connectivity index (χ4n) is 9.50. The molecule has 0 radical (unpaired) electrons. The van der Waals surface area contributed by atoms with Crippen molar-refractivity contribution in [1.82, 2.24) is 25.2 Å². The summed E-state index contributed by atoms with van der Waals surface area (Å²) in [6.45, 7) is 3.88. The predicted octanol–water partition coefficient (Wildman–Crippen LogP) is 4.82. The number of aryl methyl sites for hydroxylation is 1. The molecule has 4 amide bonds. The number of para-hydroxylation sites is 1. The number of hydrogen-bond acceptors (Lipinski definition) is 9. The molecule has 8 rings (SSSR count). The van der Waals surface area contributed by atoms with E-state index in [2.05, 4.69) is 21.9 Å². The molecular formula is C41H53N5O8S. The topological polar surface area (TPSA) is 173 Å². The van der Waals surface area contributed by atoms with E-state index in [1.54, 1.807) is 6.08 Å². The molecule has 2 aliphatic heterocycles. The van der Waals surface area contributed by atoms with Crippen molar-refractivity contribution < 1.29 is 37.1 Å². The summed E-state index contributed by atoms with van der Waals surface area (Å²) < 4.78 is 40.5. The van der Waals surface area contributed by atoms with Crippen LogP contribution in [0.2, 0.25) is 0 Å². The Morgan fingerprint density at radius 1 is 0.945 bits per heavy atom. The Balaban J connectivity index is 1.12. The first-order valence-electron chi connectivity index (χ1n) is 20.4. The van der Waals surface area contributed by atoms with Gasteiger partial charge in [-0.25, -0.2) is 18.2 Å². The fraction of sp³-hybridized carbons (Fsp3) is 0.634. The van der Waals surface area contributed by atoms with E-state index in [0.717, 1.165) is 87.2 Å². The number of ether oxygens (including phenoxy) is 2. The number of fused-ring (bicyclic) bond motifs is 5. The number of nitrogens with zero attached hydrogens (tertiary/aromatic N) is 2. The average molecular weight is 776 g/mol. The Bertz CT molecular complexity index is 1950. The van der Waals surface area contributed by atoms with Crippen molar-refractivity contribution >= 4 is 44.7 Å². The van der Waals surface area contributed by atoms with Gasteiger partial charge in [-0.05, 0) is 94.6 Å². The number of aromatic nitrogens is 1. The maximum absolute atomic E-state index is 14.8. The second kappa shape index (κ2) is 15.4. The molecule has 3 heterocycles. The van der Waals surface area contributed by atoms with Crippen LogP contribution in [0.25, 0.3) is 10.9 Å². The van der Waals surface area contributed by atoms with Crippen molar-refractivity contribution in [3.05, 3.63) is 48.7 Å². The van der Waals surface area contributed by atoms with Crippen molar-refractivity contribution in [1.29, 1.82) is 0 Å². The van der Waals surface area contributed by atoms with Crippen molar-refractivity contribution in [2.75, 3.05) is 6.54 Å². The molecule has 4 saturated carbocycles. The highest BCUT2D eigenvalue weighted by Gasteiger charge is 2.62. The van der Waals surface area contributed by atoms with Gasteiger partial charge in [-0.1, -0.05) is 50.0 Å². The molecular weight excluding hydrogens is 723 g/mol. The monoisotopic (exact) mass is 775 g/mol. The Hall–Kier alpha value is -4.20. The van der Waals surface area contributed by atoms with Crippen molar-refractivity contribution in [2.45, 2.75) is 138 Å². The van der Waals surface area contributed by atoms with E-state index in [1.165, 1.54) is 4.90 Å². The highest BCUT2D eigenvalue weighted by Crippen LogP contribution is 2.46. The van der Waals surface area contributed by atoms with Gasteiger partial charge in [0.1, 0.15) is 35.6 Å². The summed E-state index contributed by atoms with van der Waals surface area (Å²) in [6.07, 6.45) is 12.0. The molecule has 55 heavy (non-hydrogen) atoms. The third-order valence-electron chi connectivity index (χ3n) is 12.9. The molecule has 7 atom stereocenters. The van der Waals surface area contributed by atoms with Crippen LogP contribution in [0.1, 0.15) is 102 Å². The second-order valence-corrected chi connectivity index (χ2v) is 18.7. The summed E-state index contributed by atoms with van der Waals surface area (Å²) >= 11 is 0. The van der Waals surface area contributed by atoms with Crippen LogP contribution < -0.4 is 20.1 Å². The zero-order valence-corrected chi connectivity index (χ0v) is 32.2. The summed E-state index contributed by atoms with van der Waals surface area (Å²) in [7, 11) is -3.88. The zero-order chi connectivity index (χ0) is 38.3. The lowest BCUT2D eigenvalue weighted by Gasteiger charge is -2.32. The van der Waals surface area contributed by atoms with Gasteiger partial charge in [0.2, 0.25) is 21.8 Å². The van der Waals surface area contributed by atoms with Crippen molar-refractivity contribution in [2.24, 2.45) is 17.8 Å². The summed E-state index contributed by atoms with van der Waals surface area (Å²) in [6, 6.07) is 7.87. The highest BCUT2D eigenvalue weighted by atomic mass is 32.2. The molecule has 2 bridgehead atoms. The SMILES string of the molecule is C=C[C@H]1C[C@]1(NC(=O)[C@@H]1C[C@@H]2CN1C(=O)[C@H](C1CCCC1)NC(=O)O[C@H]1CCC[C@@H]1CCCCCc1nc3ccccc3cc1O2)C(=O)NS(=O)(=O)C1CC1. The Morgan fingerprint density at radius 3 is 2.45 bits per heavy atom. The van der Waals surface area contributed by atoms with E-state index in [0.29, 0.717) is 25.0 Å². The lowest BCUT2D eigenvalue weighted by atomic mass is 9.96. The molecule has 14 heteroatoms.